The smallest absolute Gasteiger partial charge is 0.338 e. The summed E-state index contributed by atoms with van der Waals surface area (Å²) in [6, 6.07) is 9.58. The minimum absolute atomic E-state index is 0.106. The van der Waals surface area contributed by atoms with Gasteiger partial charge in [0.2, 0.25) is 5.91 Å². The van der Waals surface area contributed by atoms with Crippen LogP contribution in [0.4, 0.5) is 5.69 Å². The van der Waals surface area contributed by atoms with E-state index in [4.69, 9.17) is 14.2 Å². The van der Waals surface area contributed by atoms with E-state index in [0.29, 0.717) is 29.4 Å². The highest BCUT2D eigenvalue weighted by Crippen LogP contribution is 2.28. The Hall–Kier alpha value is -3.35. The maximum Gasteiger partial charge on any atom is 0.338 e. The van der Waals surface area contributed by atoms with Crippen molar-refractivity contribution in [3.63, 3.8) is 0 Å². The highest BCUT2D eigenvalue weighted by molar-refractivity contribution is 6.03. The van der Waals surface area contributed by atoms with E-state index in [1.807, 2.05) is 6.92 Å². The number of benzene rings is 2. The maximum absolute atomic E-state index is 12.3. The molecule has 0 fully saturated rings. The van der Waals surface area contributed by atoms with Gasteiger partial charge in [0.15, 0.2) is 23.9 Å². The summed E-state index contributed by atoms with van der Waals surface area (Å²) in [6.07, 6.45) is 0.238. The van der Waals surface area contributed by atoms with Crippen molar-refractivity contribution in [1.29, 1.82) is 0 Å². The van der Waals surface area contributed by atoms with Crippen molar-refractivity contribution >= 4 is 23.3 Å². The van der Waals surface area contributed by atoms with Gasteiger partial charge in [-0.2, -0.15) is 0 Å². The molecule has 0 aliphatic carbocycles. The predicted octanol–water partition coefficient (Wildman–Crippen LogP) is 2.63. The quantitative estimate of drug-likeness (QED) is 0.596. The van der Waals surface area contributed by atoms with Crippen LogP contribution in [0.2, 0.25) is 0 Å². The van der Waals surface area contributed by atoms with Gasteiger partial charge in [-0.25, -0.2) is 4.79 Å². The fraction of sp³-hybridized carbons (Fsp3) is 0.250. The highest BCUT2D eigenvalue weighted by Gasteiger charge is 2.20. The van der Waals surface area contributed by atoms with E-state index in [-0.39, 0.29) is 23.7 Å². The molecule has 3 rings (SSSR count). The number of hydrogen-bond acceptors (Lipinski definition) is 6. The fourth-order valence-corrected chi connectivity index (χ4v) is 2.77. The molecular formula is C20H19NO6. The first-order valence-electron chi connectivity index (χ1n) is 8.45. The normalized spacial score (nSPS) is 12.1. The predicted molar refractivity (Wildman–Crippen MR) is 97.6 cm³/mol. The van der Waals surface area contributed by atoms with E-state index in [2.05, 4.69) is 5.32 Å². The third-order valence-electron chi connectivity index (χ3n) is 4.09. The summed E-state index contributed by atoms with van der Waals surface area (Å²) in [6.45, 7) is 1.85. The Labute approximate surface area is 156 Å². The van der Waals surface area contributed by atoms with E-state index in [1.165, 1.54) is 13.2 Å². The van der Waals surface area contributed by atoms with Crippen molar-refractivity contribution in [2.24, 2.45) is 0 Å². The lowest BCUT2D eigenvalue weighted by Crippen LogP contribution is -2.14. The molecule has 2 aromatic rings. The molecule has 0 saturated carbocycles. The Morgan fingerprint density at radius 2 is 1.85 bits per heavy atom. The molecule has 0 radical (unpaired) electrons. The van der Waals surface area contributed by atoms with Crippen molar-refractivity contribution in [1.82, 2.24) is 0 Å². The SMILES string of the molecule is CCOc1cc(C(=O)OCC(=O)c2ccc3c(c2)CC(=O)N3)ccc1OC. The van der Waals surface area contributed by atoms with Gasteiger partial charge in [0.1, 0.15) is 0 Å². The summed E-state index contributed by atoms with van der Waals surface area (Å²) < 4.78 is 15.7. The number of ether oxygens (including phenoxy) is 3. The summed E-state index contributed by atoms with van der Waals surface area (Å²) >= 11 is 0. The molecule has 0 atom stereocenters. The first-order chi connectivity index (χ1) is 13.0. The van der Waals surface area contributed by atoms with Crippen LogP contribution in [0.5, 0.6) is 11.5 Å². The second kappa shape index (κ2) is 7.90. The lowest BCUT2D eigenvalue weighted by Gasteiger charge is -2.11. The number of methoxy groups -OCH3 is 1. The lowest BCUT2D eigenvalue weighted by atomic mass is 10.1. The molecule has 1 aliphatic heterocycles. The van der Waals surface area contributed by atoms with Gasteiger partial charge in [-0.3, -0.25) is 9.59 Å². The number of Topliss-reactive ketones (excluding diaryl/α,β-unsaturated/α-hetero) is 1. The number of nitrogens with one attached hydrogen (secondary N) is 1. The summed E-state index contributed by atoms with van der Waals surface area (Å²) in [7, 11) is 1.51. The second-order valence-electron chi connectivity index (χ2n) is 5.89. The van der Waals surface area contributed by atoms with Gasteiger partial charge in [-0.05, 0) is 48.9 Å². The standard InChI is InChI=1S/C20H19NO6/c1-3-26-18-9-13(5-7-17(18)25-2)20(24)27-11-16(22)12-4-6-15-14(8-12)10-19(23)21-15/h4-9H,3,10-11H2,1-2H3,(H,21,23). The number of amides is 1. The Morgan fingerprint density at radius 3 is 2.59 bits per heavy atom. The number of carbonyl (C=O) groups excluding carboxylic acids is 3. The molecule has 7 heteroatoms. The molecule has 0 bridgehead atoms. The minimum Gasteiger partial charge on any atom is -0.493 e. The first-order valence-corrected chi connectivity index (χ1v) is 8.45. The molecule has 0 aromatic heterocycles. The number of hydrogen-bond donors (Lipinski definition) is 1. The third kappa shape index (κ3) is 4.08. The van der Waals surface area contributed by atoms with E-state index in [1.54, 1.807) is 30.3 Å². The Balaban J connectivity index is 1.65. The van der Waals surface area contributed by atoms with Crippen molar-refractivity contribution in [3.8, 4) is 11.5 Å². The second-order valence-corrected chi connectivity index (χ2v) is 5.89. The molecular weight excluding hydrogens is 350 g/mol. The van der Waals surface area contributed by atoms with Gasteiger partial charge < -0.3 is 19.5 Å². The van der Waals surface area contributed by atoms with Gasteiger partial charge in [0.25, 0.3) is 0 Å². The summed E-state index contributed by atoms with van der Waals surface area (Å²) in [5, 5.41) is 2.70. The number of rotatable bonds is 7. The Morgan fingerprint density at radius 1 is 1.07 bits per heavy atom. The van der Waals surface area contributed by atoms with Crippen LogP contribution in [0.25, 0.3) is 0 Å². The maximum atomic E-state index is 12.3. The number of ketones is 1. The molecule has 7 nitrogen and oxygen atoms in total. The van der Waals surface area contributed by atoms with Crippen LogP contribution < -0.4 is 14.8 Å². The largest absolute Gasteiger partial charge is 0.493 e. The Bertz CT molecular complexity index is 905. The molecule has 1 amide bonds. The fourth-order valence-electron chi connectivity index (χ4n) is 2.77. The van der Waals surface area contributed by atoms with Gasteiger partial charge in [0.05, 0.1) is 25.7 Å². The summed E-state index contributed by atoms with van der Waals surface area (Å²) in [4.78, 5) is 35.9. The zero-order valence-corrected chi connectivity index (χ0v) is 15.0. The van der Waals surface area contributed by atoms with Crippen LogP contribution in [-0.4, -0.2) is 38.0 Å². The van der Waals surface area contributed by atoms with Crippen molar-refractivity contribution in [2.75, 3.05) is 25.6 Å². The molecule has 0 saturated heterocycles. The van der Waals surface area contributed by atoms with E-state index in [0.717, 1.165) is 5.56 Å². The van der Waals surface area contributed by atoms with Crippen LogP contribution in [0.3, 0.4) is 0 Å². The van der Waals surface area contributed by atoms with Gasteiger partial charge in [-0.1, -0.05) is 0 Å². The van der Waals surface area contributed by atoms with Gasteiger partial charge in [-0.15, -0.1) is 0 Å². The number of esters is 1. The highest BCUT2D eigenvalue weighted by atomic mass is 16.5. The Kier molecular flexibility index (Phi) is 5.40. The molecule has 0 spiro atoms. The van der Waals surface area contributed by atoms with Crippen molar-refractivity contribution in [3.05, 3.63) is 53.1 Å². The molecule has 1 heterocycles. The number of fused-ring (bicyclic) bond motifs is 1. The lowest BCUT2D eigenvalue weighted by molar-refractivity contribution is -0.115. The van der Waals surface area contributed by atoms with Crippen LogP contribution >= 0.6 is 0 Å². The monoisotopic (exact) mass is 369 g/mol. The zero-order valence-electron chi connectivity index (χ0n) is 15.0. The third-order valence-corrected chi connectivity index (χ3v) is 4.09. The molecule has 140 valence electrons. The van der Waals surface area contributed by atoms with E-state index >= 15 is 0 Å². The van der Waals surface area contributed by atoms with Crippen molar-refractivity contribution in [2.45, 2.75) is 13.3 Å². The number of anilines is 1. The van der Waals surface area contributed by atoms with Crippen LogP contribution in [0.1, 0.15) is 33.2 Å². The zero-order chi connectivity index (χ0) is 19.4. The van der Waals surface area contributed by atoms with Crippen molar-refractivity contribution < 1.29 is 28.6 Å². The van der Waals surface area contributed by atoms with E-state index in [9.17, 15) is 14.4 Å². The first kappa shape index (κ1) is 18.4. The molecule has 27 heavy (non-hydrogen) atoms. The molecule has 1 aliphatic rings. The molecule has 2 aromatic carbocycles. The van der Waals surface area contributed by atoms with Crippen LogP contribution in [0.15, 0.2) is 36.4 Å². The van der Waals surface area contributed by atoms with Gasteiger partial charge in [0, 0.05) is 11.3 Å². The topological polar surface area (TPSA) is 90.9 Å². The molecule has 1 N–H and O–H groups in total. The average molecular weight is 369 g/mol. The average Bonchev–Trinajstić information content (AvgIpc) is 3.05. The van der Waals surface area contributed by atoms with E-state index < -0.39 is 12.6 Å². The number of carbonyl (C=O) groups is 3. The minimum atomic E-state index is -0.634. The van der Waals surface area contributed by atoms with Crippen LogP contribution in [0, 0.1) is 0 Å². The van der Waals surface area contributed by atoms with Crippen LogP contribution in [-0.2, 0) is 16.0 Å². The summed E-state index contributed by atoms with van der Waals surface area (Å²) in [5.74, 6) is -0.151. The molecule has 0 unspecified atom stereocenters. The van der Waals surface area contributed by atoms with Gasteiger partial charge >= 0.3 is 5.97 Å². The summed E-state index contributed by atoms with van der Waals surface area (Å²) in [5.41, 5.74) is 2.11.